The molecule has 4 bridgehead atoms. The number of hydrogen-bond donors (Lipinski definition) is 1. The summed E-state index contributed by atoms with van der Waals surface area (Å²) in [5.74, 6) is 3.41. The van der Waals surface area contributed by atoms with Gasteiger partial charge in [-0.1, -0.05) is 0 Å². The van der Waals surface area contributed by atoms with Crippen LogP contribution in [0.2, 0.25) is 0 Å². The number of hydrogen-bond acceptors (Lipinski definition) is 4. The summed E-state index contributed by atoms with van der Waals surface area (Å²) in [4.78, 5) is 0.231. The lowest BCUT2D eigenvalue weighted by atomic mass is 9.50. The first kappa shape index (κ1) is 17.2. The van der Waals surface area contributed by atoms with E-state index in [0.717, 1.165) is 17.8 Å². The topological polar surface area (TPSA) is 64.6 Å². The molecule has 138 valence electrons. The van der Waals surface area contributed by atoms with E-state index in [4.69, 9.17) is 9.47 Å². The Bertz CT molecular complexity index is 723. The van der Waals surface area contributed by atoms with Gasteiger partial charge >= 0.3 is 0 Å². The van der Waals surface area contributed by atoms with Crippen LogP contribution in [0.1, 0.15) is 38.5 Å². The fourth-order valence-corrected chi connectivity index (χ4v) is 6.99. The molecule has 0 saturated heterocycles. The van der Waals surface area contributed by atoms with E-state index in [1.54, 1.807) is 12.1 Å². The zero-order valence-electron chi connectivity index (χ0n) is 15.0. The molecule has 5 rings (SSSR count). The molecule has 25 heavy (non-hydrogen) atoms. The third-order valence-electron chi connectivity index (χ3n) is 6.47. The predicted molar refractivity (Wildman–Crippen MR) is 95.3 cm³/mol. The Balaban J connectivity index is 1.50. The van der Waals surface area contributed by atoms with Gasteiger partial charge in [-0.05, 0) is 73.8 Å². The van der Waals surface area contributed by atoms with Gasteiger partial charge in [0.1, 0.15) is 0 Å². The molecule has 0 amide bonds. The molecule has 5 nitrogen and oxygen atoms in total. The average Bonchev–Trinajstić information content (AvgIpc) is 2.58. The van der Waals surface area contributed by atoms with E-state index in [-0.39, 0.29) is 10.3 Å². The maximum atomic E-state index is 12.8. The molecule has 0 heterocycles. The molecule has 0 unspecified atom stereocenters. The molecule has 1 aromatic rings. The van der Waals surface area contributed by atoms with Crippen molar-refractivity contribution in [2.45, 2.75) is 43.4 Å². The van der Waals surface area contributed by atoms with Crippen molar-refractivity contribution in [1.29, 1.82) is 0 Å². The maximum absolute atomic E-state index is 12.8. The van der Waals surface area contributed by atoms with Gasteiger partial charge in [-0.15, -0.1) is 0 Å². The smallest absolute Gasteiger partial charge is 0.240 e. The summed E-state index contributed by atoms with van der Waals surface area (Å²) < 4.78 is 38.9. The summed E-state index contributed by atoms with van der Waals surface area (Å²) in [5.41, 5.74) is 0.179. The van der Waals surface area contributed by atoms with Gasteiger partial charge in [-0.25, -0.2) is 13.1 Å². The van der Waals surface area contributed by atoms with Crippen LogP contribution in [0.5, 0.6) is 11.5 Å². The van der Waals surface area contributed by atoms with Gasteiger partial charge in [0, 0.05) is 12.6 Å². The van der Waals surface area contributed by atoms with E-state index < -0.39 is 10.0 Å². The van der Waals surface area contributed by atoms with Crippen LogP contribution < -0.4 is 14.2 Å². The first-order valence-corrected chi connectivity index (χ1v) is 10.6. The fraction of sp³-hybridized carbons (Fsp3) is 0.684. The molecule has 0 aromatic heterocycles. The molecule has 4 fully saturated rings. The SMILES string of the molecule is COc1ccc(S(=O)(=O)NCC23CC4CC(CC(C4)C2)C3)cc1OC. The minimum atomic E-state index is -3.55. The highest BCUT2D eigenvalue weighted by Gasteiger charge is 2.50. The van der Waals surface area contributed by atoms with E-state index in [1.807, 2.05) is 0 Å². The lowest BCUT2D eigenvalue weighted by molar-refractivity contribution is -0.0487. The van der Waals surface area contributed by atoms with Gasteiger partial charge in [0.2, 0.25) is 10.0 Å². The number of nitrogens with one attached hydrogen (secondary N) is 1. The quantitative estimate of drug-likeness (QED) is 0.841. The molecular formula is C19H27NO4S. The molecule has 1 aromatic carbocycles. The molecule has 0 atom stereocenters. The molecule has 1 N–H and O–H groups in total. The van der Waals surface area contributed by atoms with Crippen molar-refractivity contribution in [3.05, 3.63) is 18.2 Å². The molecule has 4 aliphatic rings. The highest BCUT2D eigenvalue weighted by molar-refractivity contribution is 7.89. The summed E-state index contributed by atoms with van der Waals surface area (Å²) in [6.07, 6.45) is 7.65. The zero-order chi connectivity index (χ0) is 17.7. The Morgan fingerprint density at radius 1 is 1.00 bits per heavy atom. The van der Waals surface area contributed by atoms with Crippen LogP contribution in [0, 0.1) is 23.2 Å². The number of ether oxygens (including phenoxy) is 2. The second-order valence-electron chi connectivity index (χ2n) is 8.26. The fourth-order valence-electron chi connectivity index (χ4n) is 5.82. The minimum Gasteiger partial charge on any atom is -0.493 e. The highest BCUT2D eigenvalue weighted by Crippen LogP contribution is 2.59. The molecule has 4 aliphatic carbocycles. The lowest BCUT2D eigenvalue weighted by Gasteiger charge is -2.56. The van der Waals surface area contributed by atoms with Crippen molar-refractivity contribution < 1.29 is 17.9 Å². The molecule has 0 spiro atoms. The second kappa shape index (κ2) is 6.16. The van der Waals surface area contributed by atoms with Crippen molar-refractivity contribution >= 4 is 10.0 Å². The number of benzene rings is 1. The van der Waals surface area contributed by atoms with Gasteiger partial charge in [0.25, 0.3) is 0 Å². The van der Waals surface area contributed by atoms with Gasteiger partial charge in [0.05, 0.1) is 19.1 Å². The van der Waals surface area contributed by atoms with Crippen LogP contribution in [-0.2, 0) is 10.0 Å². The Morgan fingerprint density at radius 2 is 1.56 bits per heavy atom. The second-order valence-corrected chi connectivity index (χ2v) is 10.0. The number of sulfonamides is 1. The summed E-state index contributed by atoms with van der Waals surface area (Å²) in [6.45, 7) is 0.563. The Hall–Kier alpha value is -1.27. The number of methoxy groups -OCH3 is 2. The third kappa shape index (κ3) is 3.14. The monoisotopic (exact) mass is 365 g/mol. The first-order chi connectivity index (χ1) is 11.9. The van der Waals surface area contributed by atoms with E-state index >= 15 is 0 Å². The normalized spacial score (nSPS) is 33.4. The van der Waals surface area contributed by atoms with E-state index in [2.05, 4.69) is 4.72 Å². The first-order valence-electron chi connectivity index (χ1n) is 9.15. The highest BCUT2D eigenvalue weighted by atomic mass is 32.2. The molecule has 4 saturated carbocycles. The Labute approximate surface area is 150 Å². The minimum absolute atomic E-state index is 0.179. The zero-order valence-corrected chi connectivity index (χ0v) is 15.8. The predicted octanol–water partition coefficient (Wildman–Crippen LogP) is 3.20. The van der Waals surface area contributed by atoms with E-state index in [0.29, 0.717) is 18.0 Å². The van der Waals surface area contributed by atoms with Crippen LogP contribution >= 0.6 is 0 Å². The van der Waals surface area contributed by atoms with Crippen molar-refractivity contribution in [2.75, 3.05) is 20.8 Å². The third-order valence-corrected chi connectivity index (χ3v) is 7.87. The Morgan fingerprint density at radius 3 is 2.08 bits per heavy atom. The maximum Gasteiger partial charge on any atom is 0.240 e. The summed E-state index contributed by atoms with van der Waals surface area (Å²) in [7, 11) is -0.497. The molecule has 0 radical (unpaired) electrons. The summed E-state index contributed by atoms with van der Waals surface area (Å²) in [6, 6.07) is 4.74. The van der Waals surface area contributed by atoms with Crippen LogP contribution in [0.4, 0.5) is 0 Å². The van der Waals surface area contributed by atoms with Crippen molar-refractivity contribution in [3.8, 4) is 11.5 Å². The van der Waals surface area contributed by atoms with Crippen LogP contribution in [-0.4, -0.2) is 29.2 Å². The number of rotatable bonds is 6. The average molecular weight is 365 g/mol. The standard InChI is InChI=1S/C19H27NO4S/c1-23-17-4-3-16(8-18(17)24-2)25(21,22)20-12-19-9-13-5-14(10-19)7-15(6-13)11-19/h3-4,8,13-15,20H,5-7,9-12H2,1-2H3. The van der Waals surface area contributed by atoms with Gasteiger partial charge in [-0.3, -0.25) is 0 Å². The van der Waals surface area contributed by atoms with Gasteiger partial charge in [-0.2, -0.15) is 0 Å². The summed E-state index contributed by atoms with van der Waals surface area (Å²) >= 11 is 0. The van der Waals surface area contributed by atoms with Crippen molar-refractivity contribution in [1.82, 2.24) is 4.72 Å². The molecule has 6 heteroatoms. The van der Waals surface area contributed by atoms with E-state index in [9.17, 15) is 8.42 Å². The van der Waals surface area contributed by atoms with Crippen LogP contribution in [0.15, 0.2) is 23.1 Å². The van der Waals surface area contributed by atoms with Crippen molar-refractivity contribution in [3.63, 3.8) is 0 Å². The molecular weight excluding hydrogens is 338 g/mol. The van der Waals surface area contributed by atoms with Crippen LogP contribution in [0.25, 0.3) is 0 Å². The van der Waals surface area contributed by atoms with E-state index in [1.165, 1.54) is 58.8 Å². The van der Waals surface area contributed by atoms with Crippen molar-refractivity contribution in [2.24, 2.45) is 23.2 Å². The van der Waals surface area contributed by atoms with Gasteiger partial charge in [0.15, 0.2) is 11.5 Å². The van der Waals surface area contributed by atoms with Crippen LogP contribution in [0.3, 0.4) is 0 Å². The summed E-state index contributed by atoms with van der Waals surface area (Å²) in [5, 5.41) is 0. The largest absolute Gasteiger partial charge is 0.493 e. The lowest BCUT2D eigenvalue weighted by Crippen LogP contribution is -2.51. The van der Waals surface area contributed by atoms with Gasteiger partial charge < -0.3 is 9.47 Å². The molecule has 0 aliphatic heterocycles. The Kier molecular flexibility index (Phi) is 4.23.